The molecule has 3 N–H and O–H groups in total. The van der Waals surface area contributed by atoms with Gasteiger partial charge in [0.1, 0.15) is 6.04 Å². The molecule has 0 heterocycles. The Kier molecular flexibility index (Phi) is 4.38. The zero-order valence-electron chi connectivity index (χ0n) is 9.24. The van der Waals surface area contributed by atoms with Gasteiger partial charge >= 0.3 is 0 Å². The van der Waals surface area contributed by atoms with Crippen molar-refractivity contribution in [3.05, 3.63) is 35.4 Å². The van der Waals surface area contributed by atoms with Gasteiger partial charge in [0.05, 0.1) is 0 Å². The maximum atomic E-state index is 12.9. The molecule has 0 aliphatic rings. The third kappa shape index (κ3) is 3.28. The van der Waals surface area contributed by atoms with Crippen molar-refractivity contribution < 1.29 is 18.4 Å². The number of rotatable bonds is 4. The Morgan fingerprint density at radius 1 is 1.39 bits per heavy atom. The molecular weight excluding hydrogens is 242 g/mol. The van der Waals surface area contributed by atoms with Crippen LogP contribution < -0.4 is 11.1 Å². The normalized spacial score (nSPS) is 11.4. The van der Waals surface area contributed by atoms with Gasteiger partial charge in [-0.25, -0.2) is 8.78 Å². The van der Waals surface area contributed by atoms with Crippen LogP contribution in [0.15, 0.2) is 18.2 Å². The number of amides is 2. The number of carbonyl (C=O) groups excluding carboxylic acids is 2. The minimum absolute atomic E-state index is 0.0786. The third-order valence-electron chi connectivity index (χ3n) is 2.15. The third-order valence-corrected chi connectivity index (χ3v) is 2.15. The summed E-state index contributed by atoms with van der Waals surface area (Å²) in [5, 5.41) is 2.24. The summed E-state index contributed by atoms with van der Waals surface area (Å²) in [5.41, 5.74) is 4.89. The van der Waals surface area contributed by atoms with Crippen LogP contribution in [-0.4, -0.2) is 17.9 Å². The van der Waals surface area contributed by atoms with E-state index in [1.807, 2.05) is 0 Å². The fourth-order valence-corrected chi connectivity index (χ4v) is 1.22. The Morgan fingerprint density at radius 2 is 2.06 bits per heavy atom. The van der Waals surface area contributed by atoms with Crippen LogP contribution in [0.2, 0.25) is 0 Å². The van der Waals surface area contributed by atoms with E-state index in [2.05, 4.69) is 11.2 Å². The van der Waals surface area contributed by atoms with E-state index in [0.717, 1.165) is 18.2 Å². The van der Waals surface area contributed by atoms with Crippen molar-refractivity contribution in [2.45, 2.75) is 12.5 Å². The quantitative estimate of drug-likeness (QED) is 0.769. The van der Waals surface area contributed by atoms with Crippen LogP contribution in [0.5, 0.6) is 0 Å². The van der Waals surface area contributed by atoms with Crippen LogP contribution in [-0.2, 0) is 4.79 Å². The van der Waals surface area contributed by atoms with Gasteiger partial charge in [0, 0.05) is 12.0 Å². The second-order valence-corrected chi connectivity index (χ2v) is 3.47. The molecule has 4 nitrogen and oxygen atoms in total. The molecule has 0 aromatic heterocycles. The molecule has 1 atom stereocenters. The first-order valence-electron chi connectivity index (χ1n) is 4.94. The number of hydrogen-bond acceptors (Lipinski definition) is 2. The van der Waals surface area contributed by atoms with Crippen molar-refractivity contribution in [3.63, 3.8) is 0 Å². The minimum Gasteiger partial charge on any atom is -0.368 e. The molecule has 0 aliphatic heterocycles. The Hall–Kier alpha value is -2.42. The Morgan fingerprint density at radius 3 is 2.56 bits per heavy atom. The highest BCUT2D eigenvalue weighted by Gasteiger charge is 2.18. The molecule has 94 valence electrons. The molecule has 0 bridgehead atoms. The molecule has 0 spiro atoms. The number of hydrogen-bond donors (Lipinski definition) is 2. The summed E-state index contributed by atoms with van der Waals surface area (Å²) in [6, 6.07) is 1.57. The van der Waals surface area contributed by atoms with Crippen molar-refractivity contribution in [2.75, 3.05) is 0 Å². The Balaban J connectivity index is 2.84. The van der Waals surface area contributed by atoms with Gasteiger partial charge in [-0.1, -0.05) is 0 Å². The Labute approximate surface area is 102 Å². The molecule has 1 aromatic rings. The van der Waals surface area contributed by atoms with Gasteiger partial charge in [0.25, 0.3) is 5.91 Å². The van der Waals surface area contributed by atoms with E-state index in [-0.39, 0.29) is 12.0 Å². The second kappa shape index (κ2) is 5.77. The van der Waals surface area contributed by atoms with Crippen molar-refractivity contribution in [3.8, 4) is 12.3 Å². The molecule has 2 amide bonds. The maximum absolute atomic E-state index is 12.9. The topological polar surface area (TPSA) is 72.2 Å². The van der Waals surface area contributed by atoms with Gasteiger partial charge < -0.3 is 11.1 Å². The number of nitrogens with one attached hydrogen (secondary N) is 1. The van der Waals surface area contributed by atoms with E-state index >= 15 is 0 Å². The van der Waals surface area contributed by atoms with E-state index in [1.54, 1.807) is 0 Å². The van der Waals surface area contributed by atoms with E-state index in [0.29, 0.717) is 0 Å². The van der Waals surface area contributed by atoms with Crippen molar-refractivity contribution in [1.29, 1.82) is 0 Å². The SMILES string of the molecule is C#CC[C@@H](NC(=O)c1ccc(F)c(F)c1)C(N)=O. The fourth-order valence-electron chi connectivity index (χ4n) is 1.22. The monoisotopic (exact) mass is 252 g/mol. The maximum Gasteiger partial charge on any atom is 0.252 e. The van der Waals surface area contributed by atoms with Gasteiger partial charge in [-0.3, -0.25) is 9.59 Å². The highest BCUT2D eigenvalue weighted by molar-refractivity contribution is 5.97. The van der Waals surface area contributed by atoms with Crippen molar-refractivity contribution in [2.24, 2.45) is 5.73 Å². The number of benzene rings is 1. The molecular formula is C12H10F2N2O2. The summed E-state index contributed by atoms with van der Waals surface area (Å²) >= 11 is 0. The molecule has 1 rings (SSSR count). The summed E-state index contributed by atoms with van der Waals surface area (Å²) in [4.78, 5) is 22.6. The highest BCUT2D eigenvalue weighted by Crippen LogP contribution is 2.09. The lowest BCUT2D eigenvalue weighted by molar-refractivity contribution is -0.119. The molecule has 0 unspecified atom stereocenters. The summed E-state index contributed by atoms with van der Waals surface area (Å²) in [6.07, 6.45) is 4.93. The molecule has 6 heteroatoms. The number of primary amides is 1. The predicted molar refractivity (Wildman–Crippen MR) is 60.3 cm³/mol. The summed E-state index contributed by atoms with van der Waals surface area (Å²) < 4.78 is 25.6. The molecule has 0 fully saturated rings. The number of halogens is 2. The van der Waals surface area contributed by atoms with Crippen LogP contribution in [0.4, 0.5) is 8.78 Å². The molecule has 18 heavy (non-hydrogen) atoms. The van der Waals surface area contributed by atoms with E-state index in [1.165, 1.54) is 0 Å². The fraction of sp³-hybridized carbons (Fsp3) is 0.167. The van der Waals surface area contributed by atoms with Crippen LogP contribution in [0, 0.1) is 24.0 Å². The first kappa shape index (κ1) is 13.6. The summed E-state index contributed by atoms with van der Waals surface area (Å²) in [6.45, 7) is 0. The number of nitrogens with two attached hydrogens (primary N) is 1. The molecule has 0 saturated carbocycles. The van der Waals surface area contributed by atoms with E-state index in [9.17, 15) is 18.4 Å². The predicted octanol–water partition coefficient (Wildman–Crippen LogP) is 0.572. The Bertz CT molecular complexity index is 523. The van der Waals surface area contributed by atoms with Crippen molar-refractivity contribution in [1.82, 2.24) is 5.32 Å². The van der Waals surface area contributed by atoms with Gasteiger partial charge in [0.2, 0.25) is 5.91 Å². The average molecular weight is 252 g/mol. The standard InChI is InChI=1S/C12H10F2N2O2/c1-2-3-10(11(15)17)16-12(18)7-4-5-8(13)9(14)6-7/h1,4-6,10H,3H2,(H2,15,17)(H,16,18)/t10-/m1/s1. The van der Waals surface area contributed by atoms with Gasteiger partial charge in [0.15, 0.2) is 11.6 Å². The van der Waals surface area contributed by atoms with Crippen LogP contribution in [0.25, 0.3) is 0 Å². The zero-order valence-corrected chi connectivity index (χ0v) is 9.24. The van der Waals surface area contributed by atoms with Crippen LogP contribution in [0.3, 0.4) is 0 Å². The summed E-state index contributed by atoms with van der Waals surface area (Å²) in [5.74, 6) is -1.61. The first-order valence-corrected chi connectivity index (χ1v) is 4.94. The number of carbonyl (C=O) groups is 2. The van der Waals surface area contributed by atoms with Gasteiger partial charge in [-0.05, 0) is 18.2 Å². The lowest BCUT2D eigenvalue weighted by Gasteiger charge is -2.12. The van der Waals surface area contributed by atoms with E-state index < -0.39 is 29.5 Å². The zero-order chi connectivity index (χ0) is 13.7. The second-order valence-electron chi connectivity index (χ2n) is 3.47. The van der Waals surface area contributed by atoms with Crippen molar-refractivity contribution >= 4 is 11.8 Å². The van der Waals surface area contributed by atoms with E-state index in [4.69, 9.17) is 12.2 Å². The largest absolute Gasteiger partial charge is 0.368 e. The average Bonchev–Trinajstić information content (AvgIpc) is 2.31. The first-order chi connectivity index (χ1) is 8.45. The highest BCUT2D eigenvalue weighted by atomic mass is 19.2. The van der Waals surface area contributed by atoms with Gasteiger partial charge in [-0.15, -0.1) is 12.3 Å². The molecule has 1 aromatic carbocycles. The molecule has 0 radical (unpaired) electrons. The smallest absolute Gasteiger partial charge is 0.252 e. The van der Waals surface area contributed by atoms with Crippen LogP contribution >= 0.6 is 0 Å². The minimum atomic E-state index is -1.16. The molecule has 0 aliphatic carbocycles. The molecule has 0 saturated heterocycles. The lowest BCUT2D eigenvalue weighted by atomic mass is 10.1. The van der Waals surface area contributed by atoms with Crippen LogP contribution in [0.1, 0.15) is 16.8 Å². The lowest BCUT2D eigenvalue weighted by Crippen LogP contribution is -2.44. The number of terminal acetylenes is 1. The summed E-state index contributed by atoms with van der Waals surface area (Å²) in [7, 11) is 0. The van der Waals surface area contributed by atoms with Gasteiger partial charge in [-0.2, -0.15) is 0 Å².